The maximum absolute atomic E-state index is 13.3. The van der Waals surface area contributed by atoms with Crippen LogP contribution in [0.4, 0.5) is 0 Å². The summed E-state index contributed by atoms with van der Waals surface area (Å²) in [6, 6.07) is -0.445. The van der Waals surface area contributed by atoms with Crippen molar-refractivity contribution in [2.24, 2.45) is 5.73 Å². The van der Waals surface area contributed by atoms with Crippen molar-refractivity contribution in [1.29, 1.82) is 5.41 Å². The Morgan fingerprint density at radius 1 is 1.16 bits per heavy atom. The van der Waals surface area contributed by atoms with Crippen LogP contribution in [0.5, 0.6) is 0 Å². The third-order valence-corrected chi connectivity index (χ3v) is 6.60. The minimum Gasteiger partial charge on any atom is -0.481 e. The lowest BCUT2D eigenvalue weighted by molar-refractivity contribution is -0.145. The lowest BCUT2D eigenvalue weighted by atomic mass is 9.97. The van der Waals surface area contributed by atoms with E-state index in [1.165, 1.54) is 0 Å². The van der Waals surface area contributed by atoms with Crippen LogP contribution >= 0.6 is 0 Å². The number of rotatable bonds is 11. The number of carbonyl (C=O) groups is 2. The number of nitrogens with zero attached hydrogens (tertiary/aromatic N) is 2. The average Bonchev–Trinajstić information content (AvgIpc) is 2.76. The number of guanidine groups is 1. The molecule has 9 heteroatoms. The van der Waals surface area contributed by atoms with Crippen molar-refractivity contribution in [2.75, 3.05) is 26.2 Å². The van der Waals surface area contributed by atoms with E-state index in [-0.39, 0.29) is 36.5 Å². The van der Waals surface area contributed by atoms with Crippen molar-refractivity contribution < 1.29 is 19.4 Å². The highest BCUT2D eigenvalue weighted by molar-refractivity contribution is 5.86. The first kappa shape index (κ1) is 25.4. The van der Waals surface area contributed by atoms with Crippen LogP contribution in [0.25, 0.3) is 0 Å². The molecule has 0 spiro atoms. The van der Waals surface area contributed by atoms with E-state index in [0.717, 1.165) is 64.5 Å². The van der Waals surface area contributed by atoms with Gasteiger partial charge in [0.25, 0.3) is 0 Å². The summed E-state index contributed by atoms with van der Waals surface area (Å²) in [5.74, 6) is -0.924. The SMILES string of the molecule is CCC(CC)N[C@@H](CC(=O)O)C(=O)N1CCCCC1CCOC1CCN(C(=N)N)CC1. The minimum absolute atomic E-state index is 0.0891. The molecule has 2 heterocycles. The van der Waals surface area contributed by atoms with Gasteiger partial charge in [-0.1, -0.05) is 13.8 Å². The molecule has 2 rings (SSSR count). The van der Waals surface area contributed by atoms with Gasteiger partial charge < -0.3 is 30.7 Å². The maximum Gasteiger partial charge on any atom is 0.305 e. The Bertz CT molecular complexity index is 590. The highest BCUT2D eigenvalue weighted by atomic mass is 16.5. The fourth-order valence-corrected chi connectivity index (χ4v) is 4.63. The summed E-state index contributed by atoms with van der Waals surface area (Å²) in [6.45, 7) is 6.85. The summed E-state index contributed by atoms with van der Waals surface area (Å²) < 4.78 is 6.08. The van der Waals surface area contributed by atoms with Crippen LogP contribution in [-0.2, 0) is 14.3 Å². The standard InChI is InChI=1S/C22H41N5O4/c1-3-16(4-2)25-19(15-20(28)29)21(30)27-11-6-5-7-17(27)10-14-31-18-8-12-26(13-9-18)22(23)24/h16-19,25H,3-15H2,1-2H3,(H3,23,24)(H,28,29)/t17?,19-/m0/s1. The Morgan fingerprint density at radius 3 is 2.42 bits per heavy atom. The van der Waals surface area contributed by atoms with Crippen molar-refractivity contribution in [3.8, 4) is 0 Å². The van der Waals surface area contributed by atoms with Gasteiger partial charge in [-0.15, -0.1) is 0 Å². The fourth-order valence-electron chi connectivity index (χ4n) is 4.63. The third kappa shape index (κ3) is 7.96. The number of carboxylic acid groups (broad SMARTS) is 1. The summed E-state index contributed by atoms with van der Waals surface area (Å²) in [6.07, 6.45) is 7.14. The number of hydrogen-bond donors (Lipinski definition) is 4. The van der Waals surface area contributed by atoms with Gasteiger partial charge in [0.2, 0.25) is 5.91 Å². The van der Waals surface area contributed by atoms with Gasteiger partial charge in [-0.25, -0.2) is 0 Å². The molecule has 1 unspecified atom stereocenters. The van der Waals surface area contributed by atoms with Gasteiger partial charge in [-0.2, -0.15) is 0 Å². The highest BCUT2D eigenvalue weighted by Crippen LogP contribution is 2.23. The fraction of sp³-hybridized carbons (Fsp3) is 0.864. The number of carbonyl (C=O) groups excluding carboxylic acids is 1. The molecule has 2 atom stereocenters. The Labute approximate surface area is 186 Å². The quantitative estimate of drug-likeness (QED) is 0.285. The average molecular weight is 440 g/mol. The minimum atomic E-state index is -0.953. The number of ether oxygens (including phenoxy) is 1. The van der Waals surface area contributed by atoms with E-state index < -0.39 is 12.0 Å². The van der Waals surface area contributed by atoms with Gasteiger partial charge in [-0.3, -0.25) is 15.0 Å². The normalized spacial score (nSPS) is 21.3. The lowest BCUT2D eigenvalue weighted by Gasteiger charge is -2.39. The van der Waals surface area contributed by atoms with E-state index in [2.05, 4.69) is 5.32 Å². The number of aliphatic carboxylic acids is 1. The lowest BCUT2D eigenvalue weighted by Crippen LogP contribution is -2.55. The zero-order valence-electron chi connectivity index (χ0n) is 19.1. The van der Waals surface area contributed by atoms with Gasteiger partial charge in [0.1, 0.15) is 0 Å². The van der Waals surface area contributed by atoms with Crippen LogP contribution in [0.2, 0.25) is 0 Å². The van der Waals surface area contributed by atoms with Crippen LogP contribution in [0, 0.1) is 5.41 Å². The van der Waals surface area contributed by atoms with Crippen LogP contribution in [0.1, 0.15) is 71.6 Å². The summed E-state index contributed by atoms with van der Waals surface area (Å²) in [5, 5.41) is 20.1. The van der Waals surface area contributed by atoms with Crippen molar-refractivity contribution in [2.45, 2.75) is 95.9 Å². The van der Waals surface area contributed by atoms with E-state index in [1.807, 2.05) is 23.6 Å². The molecule has 2 fully saturated rings. The number of piperidine rings is 2. The second-order valence-electron chi connectivity index (χ2n) is 8.74. The monoisotopic (exact) mass is 439 g/mol. The smallest absolute Gasteiger partial charge is 0.305 e. The molecule has 31 heavy (non-hydrogen) atoms. The first-order chi connectivity index (χ1) is 14.8. The third-order valence-electron chi connectivity index (χ3n) is 6.60. The van der Waals surface area contributed by atoms with Crippen molar-refractivity contribution in [3.05, 3.63) is 0 Å². The molecule has 0 radical (unpaired) electrons. The molecule has 0 aliphatic carbocycles. The van der Waals surface area contributed by atoms with Crippen molar-refractivity contribution in [3.63, 3.8) is 0 Å². The first-order valence-electron chi connectivity index (χ1n) is 11.8. The predicted molar refractivity (Wildman–Crippen MR) is 120 cm³/mol. The van der Waals surface area contributed by atoms with E-state index in [9.17, 15) is 14.7 Å². The molecular formula is C22H41N5O4. The molecule has 1 amide bonds. The number of nitrogens with two attached hydrogens (primary N) is 1. The molecule has 178 valence electrons. The van der Waals surface area contributed by atoms with Gasteiger partial charge >= 0.3 is 5.97 Å². The van der Waals surface area contributed by atoms with Gasteiger partial charge in [0, 0.05) is 38.3 Å². The zero-order valence-corrected chi connectivity index (χ0v) is 19.1. The second-order valence-corrected chi connectivity index (χ2v) is 8.74. The van der Waals surface area contributed by atoms with Crippen LogP contribution < -0.4 is 11.1 Å². The molecular weight excluding hydrogens is 398 g/mol. The molecule has 0 bridgehead atoms. The molecule has 0 saturated carbocycles. The molecule has 5 N–H and O–H groups in total. The molecule has 9 nitrogen and oxygen atoms in total. The summed E-state index contributed by atoms with van der Waals surface area (Å²) in [5.41, 5.74) is 5.55. The van der Waals surface area contributed by atoms with Crippen LogP contribution in [0.15, 0.2) is 0 Å². The number of amides is 1. The number of likely N-dealkylation sites (tertiary alicyclic amines) is 2. The van der Waals surface area contributed by atoms with Crippen molar-refractivity contribution >= 4 is 17.8 Å². The number of nitrogens with one attached hydrogen (secondary N) is 2. The predicted octanol–water partition coefficient (Wildman–Crippen LogP) is 1.75. The van der Waals surface area contributed by atoms with Crippen LogP contribution in [-0.4, -0.2) is 83.2 Å². The first-order valence-corrected chi connectivity index (χ1v) is 11.8. The topological polar surface area (TPSA) is 132 Å². The van der Waals surface area contributed by atoms with E-state index in [4.69, 9.17) is 15.9 Å². The van der Waals surface area contributed by atoms with Crippen molar-refractivity contribution in [1.82, 2.24) is 15.1 Å². The zero-order chi connectivity index (χ0) is 22.8. The highest BCUT2D eigenvalue weighted by Gasteiger charge is 2.33. The Balaban J connectivity index is 1.89. The molecule has 2 aliphatic rings. The molecule has 0 aromatic carbocycles. The Morgan fingerprint density at radius 2 is 1.84 bits per heavy atom. The molecule has 2 aliphatic heterocycles. The summed E-state index contributed by atoms with van der Waals surface area (Å²) in [4.78, 5) is 28.4. The van der Waals surface area contributed by atoms with E-state index in [1.54, 1.807) is 0 Å². The van der Waals surface area contributed by atoms with Gasteiger partial charge in [-0.05, 0) is 51.4 Å². The summed E-state index contributed by atoms with van der Waals surface area (Å²) in [7, 11) is 0. The van der Waals surface area contributed by atoms with Gasteiger partial charge in [0.15, 0.2) is 5.96 Å². The largest absolute Gasteiger partial charge is 0.481 e. The second kappa shape index (κ2) is 12.9. The number of hydrogen-bond acceptors (Lipinski definition) is 5. The Kier molecular flexibility index (Phi) is 10.5. The summed E-state index contributed by atoms with van der Waals surface area (Å²) >= 11 is 0. The van der Waals surface area contributed by atoms with E-state index >= 15 is 0 Å². The van der Waals surface area contributed by atoms with Crippen LogP contribution in [0.3, 0.4) is 0 Å². The Hall–Kier alpha value is -1.87. The number of carboxylic acids is 1. The molecule has 0 aromatic rings. The molecule has 2 saturated heterocycles. The van der Waals surface area contributed by atoms with E-state index in [0.29, 0.717) is 13.2 Å². The maximum atomic E-state index is 13.3. The molecule has 0 aromatic heterocycles. The van der Waals surface area contributed by atoms with Gasteiger partial charge in [0.05, 0.1) is 18.6 Å².